The van der Waals surface area contributed by atoms with Crippen molar-refractivity contribution in [2.75, 3.05) is 0 Å². The topological polar surface area (TPSA) is 20.2 Å². The Bertz CT molecular complexity index is 522. The van der Waals surface area contributed by atoms with Crippen LogP contribution in [-0.4, -0.2) is 5.11 Å². The van der Waals surface area contributed by atoms with E-state index in [1.807, 2.05) is 6.92 Å². The molecule has 0 aliphatic heterocycles. The van der Waals surface area contributed by atoms with Crippen LogP contribution in [0, 0.1) is 12.7 Å². The fraction of sp³-hybridized carbons (Fsp3) is 0.143. The molecule has 0 bridgehead atoms. The van der Waals surface area contributed by atoms with Crippen LogP contribution in [0.25, 0.3) is 0 Å². The van der Waals surface area contributed by atoms with Gasteiger partial charge in [-0.25, -0.2) is 4.39 Å². The molecule has 88 valence electrons. The maximum Gasteiger partial charge on any atom is 0.123 e. The minimum absolute atomic E-state index is 0.349. The first kappa shape index (κ1) is 12.1. The van der Waals surface area contributed by atoms with E-state index in [-0.39, 0.29) is 5.82 Å². The summed E-state index contributed by atoms with van der Waals surface area (Å²) in [6.45, 7) is 1.84. The molecule has 0 aliphatic rings. The molecule has 0 radical (unpaired) electrons. The van der Waals surface area contributed by atoms with E-state index in [9.17, 15) is 9.50 Å². The molecule has 0 saturated heterocycles. The van der Waals surface area contributed by atoms with Crippen LogP contribution in [0.3, 0.4) is 0 Å². The van der Waals surface area contributed by atoms with Crippen molar-refractivity contribution in [3.63, 3.8) is 0 Å². The molecule has 2 aromatic rings. The predicted octanol–water partition coefficient (Wildman–Crippen LogP) is 3.87. The van der Waals surface area contributed by atoms with Crippen LogP contribution in [0.5, 0.6) is 0 Å². The monoisotopic (exact) mass is 250 g/mol. The largest absolute Gasteiger partial charge is 0.384 e. The highest BCUT2D eigenvalue weighted by molar-refractivity contribution is 6.30. The molecule has 2 aromatic carbocycles. The highest BCUT2D eigenvalue weighted by Crippen LogP contribution is 2.26. The smallest absolute Gasteiger partial charge is 0.123 e. The van der Waals surface area contributed by atoms with E-state index in [4.69, 9.17) is 11.6 Å². The fourth-order valence-corrected chi connectivity index (χ4v) is 1.86. The Balaban J connectivity index is 2.39. The molecule has 0 aromatic heterocycles. The number of rotatable bonds is 2. The first-order chi connectivity index (χ1) is 8.08. The average molecular weight is 251 g/mol. The number of benzene rings is 2. The van der Waals surface area contributed by atoms with Crippen molar-refractivity contribution in [1.82, 2.24) is 0 Å². The zero-order chi connectivity index (χ0) is 12.4. The number of aliphatic hydroxyl groups excluding tert-OH is 1. The van der Waals surface area contributed by atoms with Crippen LogP contribution < -0.4 is 0 Å². The summed E-state index contributed by atoms with van der Waals surface area (Å²) in [5.74, 6) is -0.349. The van der Waals surface area contributed by atoms with E-state index >= 15 is 0 Å². The van der Waals surface area contributed by atoms with Crippen molar-refractivity contribution in [3.8, 4) is 0 Å². The maximum absolute atomic E-state index is 13.2. The lowest BCUT2D eigenvalue weighted by molar-refractivity contribution is 0.219. The third kappa shape index (κ3) is 2.65. The first-order valence-electron chi connectivity index (χ1n) is 5.27. The van der Waals surface area contributed by atoms with E-state index in [1.54, 1.807) is 30.3 Å². The lowest BCUT2D eigenvalue weighted by atomic mass is 9.97. The van der Waals surface area contributed by atoms with Crippen LogP contribution in [-0.2, 0) is 0 Å². The Kier molecular flexibility index (Phi) is 3.46. The van der Waals surface area contributed by atoms with Gasteiger partial charge in [-0.2, -0.15) is 0 Å². The minimum atomic E-state index is -0.831. The molecule has 0 saturated carbocycles. The summed E-state index contributed by atoms with van der Waals surface area (Å²) in [7, 11) is 0. The zero-order valence-corrected chi connectivity index (χ0v) is 10.1. The second kappa shape index (κ2) is 4.86. The summed E-state index contributed by atoms with van der Waals surface area (Å²) in [6, 6.07) is 11.3. The molecule has 3 heteroatoms. The molecule has 2 rings (SSSR count). The number of aryl methyl sites for hydroxylation is 1. The molecule has 0 spiro atoms. The Morgan fingerprint density at radius 2 is 1.76 bits per heavy atom. The second-order valence-corrected chi connectivity index (χ2v) is 4.39. The summed E-state index contributed by atoms with van der Waals surface area (Å²) in [5.41, 5.74) is 2.13. The highest BCUT2D eigenvalue weighted by atomic mass is 35.5. The minimum Gasteiger partial charge on any atom is -0.384 e. The van der Waals surface area contributed by atoms with Crippen molar-refractivity contribution < 1.29 is 9.50 Å². The van der Waals surface area contributed by atoms with E-state index < -0.39 is 6.10 Å². The number of hydrogen-bond donors (Lipinski definition) is 1. The van der Waals surface area contributed by atoms with Gasteiger partial charge >= 0.3 is 0 Å². The third-order valence-corrected chi connectivity index (χ3v) is 2.97. The van der Waals surface area contributed by atoms with Crippen LogP contribution >= 0.6 is 11.6 Å². The summed E-state index contributed by atoms with van der Waals surface area (Å²) in [4.78, 5) is 0. The summed E-state index contributed by atoms with van der Waals surface area (Å²) in [6.07, 6.45) is -0.831. The van der Waals surface area contributed by atoms with Gasteiger partial charge in [-0.05, 0) is 47.9 Å². The predicted molar refractivity (Wildman–Crippen MR) is 66.7 cm³/mol. The van der Waals surface area contributed by atoms with Gasteiger partial charge in [0, 0.05) is 5.02 Å². The number of hydrogen-bond acceptors (Lipinski definition) is 1. The molecule has 1 atom stereocenters. The van der Waals surface area contributed by atoms with Crippen molar-refractivity contribution in [2.45, 2.75) is 13.0 Å². The lowest BCUT2D eigenvalue weighted by Gasteiger charge is -2.14. The lowest BCUT2D eigenvalue weighted by Crippen LogP contribution is -2.02. The molecule has 1 N–H and O–H groups in total. The van der Waals surface area contributed by atoms with E-state index in [2.05, 4.69) is 0 Å². The summed E-state index contributed by atoms with van der Waals surface area (Å²) < 4.78 is 13.2. The second-order valence-electron chi connectivity index (χ2n) is 3.95. The maximum atomic E-state index is 13.2. The van der Waals surface area contributed by atoms with Crippen LogP contribution in [0.15, 0.2) is 42.5 Å². The van der Waals surface area contributed by atoms with Gasteiger partial charge in [0.25, 0.3) is 0 Å². The Hall–Kier alpha value is -1.38. The van der Waals surface area contributed by atoms with Gasteiger partial charge in [-0.3, -0.25) is 0 Å². The normalized spacial score (nSPS) is 12.5. The molecular weight excluding hydrogens is 239 g/mol. The molecule has 17 heavy (non-hydrogen) atoms. The van der Waals surface area contributed by atoms with Gasteiger partial charge in [0.05, 0.1) is 0 Å². The number of halogens is 2. The molecule has 0 heterocycles. The van der Waals surface area contributed by atoms with Crippen LogP contribution in [0.4, 0.5) is 4.39 Å². The SMILES string of the molecule is Cc1ccc(F)cc1C(O)c1ccc(Cl)cc1. The average Bonchev–Trinajstić information content (AvgIpc) is 2.32. The van der Waals surface area contributed by atoms with Crippen molar-refractivity contribution in [3.05, 3.63) is 70.0 Å². The molecule has 0 aliphatic carbocycles. The van der Waals surface area contributed by atoms with E-state index in [1.165, 1.54) is 12.1 Å². The van der Waals surface area contributed by atoms with Gasteiger partial charge in [-0.15, -0.1) is 0 Å². The Morgan fingerprint density at radius 1 is 1.12 bits per heavy atom. The van der Waals surface area contributed by atoms with Crippen LogP contribution in [0.1, 0.15) is 22.8 Å². The van der Waals surface area contributed by atoms with Gasteiger partial charge in [-0.1, -0.05) is 29.8 Å². The fourth-order valence-electron chi connectivity index (χ4n) is 1.73. The molecule has 0 amide bonds. The van der Waals surface area contributed by atoms with Gasteiger partial charge in [0.1, 0.15) is 11.9 Å². The van der Waals surface area contributed by atoms with E-state index in [0.29, 0.717) is 16.1 Å². The van der Waals surface area contributed by atoms with Crippen molar-refractivity contribution >= 4 is 11.6 Å². The quantitative estimate of drug-likeness (QED) is 0.858. The highest BCUT2D eigenvalue weighted by Gasteiger charge is 2.13. The summed E-state index contributed by atoms with van der Waals surface area (Å²) in [5, 5.41) is 10.8. The number of aliphatic hydroxyl groups is 1. The molecular formula is C14H12ClFO. The van der Waals surface area contributed by atoms with Crippen LogP contribution in [0.2, 0.25) is 5.02 Å². The third-order valence-electron chi connectivity index (χ3n) is 2.72. The van der Waals surface area contributed by atoms with Gasteiger partial charge in [0.2, 0.25) is 0 Å². The molecule has 1 nitrogen and oxygen atoms in total. The zero-order valence-electron chi connectivity index (χ0n) is 9.32. The molecule has 1 unspecified atom stereocenters. The summed E-state index contributed by atoms with van der Waals surface area (Å²) >= 11 is 5.78. The van der Waals surface area contributed by atoms with E-state index in [0.717, 1.165) is 5.56 Å². The first-order valence-corrected chi connectivity index (χ1v) is 5.65. The standard InChI is InChI=1S/C14H12ClFO/c1-9-2-7-12(16)8-13(9)14(17)10-3-5-11(15)6-4-10/h2-8,14,17H,1H3. The van der Waals surface area contributed by atoms with Crippen molar-refractivity contribution in [2.24, 2.45) is 0 Å². The van der Waals surface area contributed by atoms with Crippen molar-refractivity contribution in [1.29, 1.82) is 0 Å². The Morgan fingerprint density at radius 3 is 2.41 bits per heavy atom. The van der Waals surface area contributed by atoms with Gasteiger partial charge in [0.15, 0.2) is 0 Å². The van der Waals surface area contributed by atoms with Gasteiger partial charge < -0.3 is 5.11 Å². The Labute approximate surface area is 104 Å². The molecule has 0 fully saturated rings.